The van der Waals surface area contributed by atoms with Gasteiger partial charge in [-0.05, 0) is 6.42 Å². The zero-order valence-corrected chi connectivity index (χ0v) is 5.10. The molecule has 0 spiro atoms. The highest BCUT2D eigenvalue weighted by atomic mass is 32.1. The average molecular weight is 122 g/mol. The van der Waals surface area contributed by atoms with Crippen LogP contribution in [-0.2, 0) is 0 Å². The Bertz CT molecular complexity index is 47.0. The monoisotopic (exact) mass is 122 g/mol. The van der Waals surface area contributed by atoms with Gasteiger partial charge in [0.25, 0.3) is 0 Å². The summed E-state index contributed by atoms with van der Waals surface area (Å²) in [5, 5.41) is 16.3. The number of aliphatic hydroxyl groups excluding tert-OH is 1. The van der Waals surface area contributed by atoms with Gasteiger partial charge < -0.3 is 10.2 Å². The first-order valence-corrected chi connectivity index (χ1v) is 2.74. The van der Waals surface area contributed by atoms with E-state index in [1.165, 1.54) is 0 Å². The summed E-state index contributed by atoms with van der Waals surface area (Å²) < 4.78 is 0. The van der Waals surface area contributed by atoms with Crippen LogP contribution in [0.5, 0.6) is 0 Å². The van der Waals surface area contributed by atoms with Crippen molar-refractivity contribution in [2.75, 3.05) is 0 Å². The van der Waals surface area contributed by atoms with Crippen LogP contribution in [0.1, 0.15) is 13.3 Å². The van der Waals surface area contributed by atoms with E-state index >= 15 is 0 Å². The summed E-state index contributed by atoms with van der Waals surface area (Å²) in [6, 6.07) is 0. The van der Waals surface area contributed by atoms with E-state index in [2.05, 4.69) is 12.6 Å². The van der Waals surface area contributed by atoms with Crippen molar-refractivity contribution in [2.45, 2.75) is 24.9 Å². The molecule has 0 amide bonds. The fraction of sp³-hybridized carbons (Fsp3) is 1.00. The molecule has 0 bridgehead atoms. The summed E-state index contributed by atoms with van der Waals surface area (Å²) in [7, 11) is 0. The van der Waals surface area contributed by atoms with Crippen LogP contribution in [0.2, 0.25) is 0 Å². The minimum absolute atomic E-state index is 0.292. The molecule has 0 aromatic heterocycles. The molecule has 0 heterocycles. The van der Waals surface area contributed by atoms with E-state index in [1.54, 1.807) is 0 Å². The van der Waals surface area contributed by atoms with Gasteiger partial charge in [0.15, 0.2) is 6.29 Å². The maximum absolute atomic E-state index is 8.30. The SMILES string of the molecule is CC[C@H](S)C(O)O. The Morgan fingerprint density at radius 3 is 2.00 bits per heavy atom. The molecule has 0 unspecified atom stereocenters. The lowest BCUT2D eigenvalue weighted by Gasteiger charge is -2.07. The molecule has 0 aromatic carbocycles. The van der Waals surface area contributed by atoms with Crippen LogP contribution in [0.25, 0.3) is 0 Å². The molecule has 0 aromatic rings. The summed E-state index contributed by atoms with van der Waals surface area (Å²) in [4.78, 5) is 0. The van der Waals surface area contributed by atoms with Crippen molar-refractivity contribution in [1.82, 2.24) is 0 Å². The fourth-order valence-electron chi connectivity index (χ4n) is 0.211. The van der Waals surface area contributed by atoms with Gasteiger partial charge in [0, 0.05) is 0 Å². The summed E-state index contributed by atoms with van der Waals surface area (Å²) in [6.07, 6.45) is -0.589. The molecule has 0 fully saturated rings. The third-order valence-corrected chi connectivity index (χ3v) is 1.39. The molecular weight excluding hydrogens is 112 g/mol. The van der Waals surface area contributed by atoms with Gasteiger partial charge in [-0.15, -0.1) is 0 Å². The molecule has 44 valence electrons. The van der Waals surface area contributed by atoms with Crippen LogP contribution in [0, 0.1) is 0 Å². The third-order valence-electron chi connectivity index (χ3n) is 0.762. The van der Waals surface area contributed by atoms with Gasteiger partial charge >= 0.3 is 0 Å². The molecular formula is C4H10O2S. The summed E-state index contributed by atoms with van der Waals surface area (Å²) in [6.45, 7) is 1.84. The number of hydrogen-bond acceptors (Lipinski definition) is 3. The van der Waals surface area contributed by atoms with Crippen LogP contribution in [0.4, 0.5) is 0 Å². The Kier molecular flexibility index (Phi) is 3.42. The van der Waals surface area contributed by atoms with E-state index in [1.807, 2.05) is 6.92 Å². The number of hydrogen-bond donors (Lipinski definition) is 3. The topological polar surface area (TPSA) is 40.5 Å². The van der Waals surface area contributed by atoms with Gasteiger partial charge in [-0.25, -0.2) is 0 Å². The van der Waals surface area contributed by atoms with Gasteiger partial charge in [0.2, 0.25) is 0 Å². The van der Waals surface area contributed by atoms with E-state index in [4.69, 9.17) is 10.2 Å². The largest absolute Gasteiger partial charge is 0.367 e. The molecule has 3 heteroatoms. The summed E-state index contributed by atoms with van der Waals surface area (Å²) >= 11 is 3.82. The number of rotatable bonds is 2. The van der Waals surface area contributed by atoms with E-state index in [0.717, 1.165) is 0 Å². The van der Waals surface area contributed by atoms with Crippen molar-refractivity contribution in [2.24, 2.45) is 0 Å². The molecule has 2 N–H and O–H groups in total. The van der Waals surface area contributed by atoms with E-state index in [-0.39, 0.29) is 5.25 Å². The second-order valence-corrected chi connectivity index (χ2v) is 2.05. The Morgan fingerprint density at radius 1 is 1.57 bits per heavy atom. The van der Waals surface area contributed by atoms with Gasteiger partial charge in [0.05, 0.1) is 5.25 Å². The zero-order chi connectivity index (χ0) is 5.86. The maximum atomic E-state index is 8.30. The lowest BCUT2D eigenvalue weighted by atomic mass is 10.3. The summed E-state index contributed by atoms with van der Waals surface area (Å²) in [5.74, 6) is 0. The molecule has 7 heavy (non-hydrogen) atoms. The minimum Gasteiger partial charge on any atom is -0.367 e. The van der Waals surface area contributed by atoms with Crippen molar-refractivity contribution >= 4 is 12.6 Å². The predicted molar refractivity (Wildman–Crippen MR) is 31.3 cm³/mol. The van der Waals surface area contributed by atoms with Crippen LogP contribution in [0.15, 0.2) is 0 Å². The highest BCUT2D eigenvalue weighted by Gasteiger charge is 2.06. The lowest BCUT2D eigenvalue weighted by molar-refractivity contribution is -0.0399. The van der Waals surface area contributed by atoms with Gasteiger partial charge in [-0.1, -0.05) is 6.92 Å². The van der Waals surface area contributed by atoms with Crippen molar-refractivity contribution in [3.05, 3.63) is 0 Å². The molecule has 0 radical (unpaired) electrons. The van der Waals surface area contributed by atoms with Gasteiger partial charge in [-0.2, -0.15) is 12.6 Å². The molecule has 0 saturated heterocycles. The van der Waals surface area contributed by atoms with Crippen molar-refractivity contribution in [3.8, 4) is 0 Å². The zero-order valence-electron chi connectivity index (χ0n) is 4.20. The standard InChI is InChI=1S/C4H10O2S/c1-2-3(7)4(5)6/h3-7H,2H2,1H3/t3-/m0/s1. The second kappa shape index (κ2) is 3.29. The molecule has 0 saturated carbocycles. The minimum atomic E-state index is -1.27. The Balaban J connectivity index is 3.14. The van der Waals surface area contributed by atoms with Crippen LogP contribution >= 0.6 is 12.6 Å². The normalized spacial score (nSPS) is 15.0. The maximum Gasteiger partial charge on any atom is 0.163 e. The van der Waals surface area contributed by atoms with Crippen LogP contribution in [0.3, 0.4) is 0 Å². The van der Waals surface area contributed by atoms with Gasteiger partial charge in [0.1, 0.15) is 0 Å². The first kappa shape index (κ1) is 7.27. The Hall–Kier alpha value is 0.270. The second-order valence-electron chi connectivity index (χ2n) is 1.39. The van der Waals surface area contributed by atoms with Gasteiger partial charge in [-0.3, -0.25) is 0 Å². The number of aliphatic hydroxyl groups is 2. The quantitative estimate of drug-likeness (QED) is 0.356. The predicted octanol–water partition coefficient (Wildman–Crippen LogP) is 0.00550. The van der Waals surface area contributed by atoms with Crippen molar-refractivity contribution < 1.29 is 10.2 Å². The molecule has 0 rings (SSSR count). The van der Waals surface area contributed by atoms with Crippen LogP contribution < -0.4 is 0 Å². The van der Waals surface area contributed by atoms with E-state index < -0.39 is 6.29 Å². The van der Waals surface area contributed by atoms with E-state index in [0.29, 0.717) is 6.42 Å². The first-order valence-electron chi connectivity index (χ1n) is 2.22. The van der Waals surface area contributed by atoms with Crippen molar-refractivity contribution in [1.29, 1.82) is 0 Å². The Morgan fingerprint density at radius 2 is 2.00 bits per heavy atom. The molecule has 1 atom stereocenters. The highest BCUT2D eigenvalue weighted by Crippen LogP contribution is 2.02. The molecule has 0 aliphatic carbocycles. The average Bonchev–Trinajstić information content (AvgIpc) is 1.65. The molecule has 0 aliphatic heterocycles. The first-order chi connectivity index (χ1) is 3.18. The van der Waals surface area contributed by atoms with Crippen LogP contribution in [-0.4, -0.2) is 21.8 Å². The highest BCUT2D eigenvalue weighted by molar-refractivity contribution is 7.81. The Labute approximate surface area is 48.6 Å². The molecule has 0 aliphatic rings. The number of thiol groups is 1. The molecule has 2 nitrogen and oxygen atoms in total. The summed E-state index contributed by atoms with van der Waals surface area (Å²) in [5.41, 5.74) is 0. The fourth-order valence-corrected chi connectivity index (χ4v) is 0.211. The lowest BCUT2D eigenvalue weighted by Crippen LogP contribution is -2.18. The third kappa shape index (κ3) is 2.91. The van der Waals surface area contributed by atoms with Crippen molar-refractivity contribution in [3.63, 3.8) is 0 Å². The van der Waals surface area contributed by atoms with E-state index in [9.17, 15) is 0 Å². The smallest absolute Gasteiger partial charge is 0.163 e.